The summed E-state index contributed by atoms with van der Waals surface area (Å²) in [5, 5.41) is 15.2. The molecule has 9 nitrogen and oxygen atoms in total. The Hall–Kier alpha value is -3.10. The summed E-state index contributed by atoms with van der Waals surface area (Å²) in [6.45, 7) is 8.29. The number of carbonyl (C=O) groups excluding carboxylic acids is 1. The van der Waals surface area contributed by atoms with Crippen LogP contribution in [0.1, 0.15) is 37.5 Å². The maximum atomic E-state index is 12.3. The molecule has 31 heavy (non-hydrogen) atoms. The Morgan fingerprint density at radius 3 is 2.65 bits per heavy atom. The standard InChI is InChI=1S/C22H33N7O2/c1-15(2)21(30)29-11-10-18(14-29)25-22(24-13-20-27-26-16(3)28(20)4)23-12-17-6-8-19(31-5)9-7-17/h6-9,15,18H,10-14H2,1-5H3,(H2,23,24,25). The van der Waals surface area contributed by atoms with Crippen LogP contribution in [-0.4, -0.2) is 57.8 Å². The van der Waals surface area contributed by atoms with Gasteiger partial charge in [0.1, 0.15) is 11.6 Å². The third-order valence-corrected chi connectivity index (χ3v) is 5.51. The van der Waals surface area contributed by atoms with Gasteiger partial charge < -0.3 is 24.8 Å². The molecule has 3 rings (SSSR count). The van der Waals surface area contributed by atoms with E-state index in [1.54, 1.807) is 7.11 Å². The van der Waals surface area contributed by atoms with Gasteiger partial charge in [0.05, 0.1) is 20.2 Å². The van der Waals surface area contributed by atoms with E-state index in [9.17, 15) is 4.79 Å². The second-order valence-corrected chi connectivity index (χ2v) is 8.16. The van der Waals surface area contributed by atoms with Gasteiger partial charge in [0.2, 0.25) is 5.91 Å². The largest absolute Gasteiger partial charge is 0.497 e. The van der Waals surface area contributed by atoms with Crippen molar-refractivity contribution in [3.63, 3.8) is 0 Å². The van der Waals surface area contributed by atoms with Gasteiger partial charge in [-0.15, -0.1) is 10.2 Å². The van der Waals surface area contributed by atoms with E-state index in [1.165, 1.54) is 0 Å². The number of hydrogen-bond acceptors (Lipinski definition) is 5. The van der Waals surface area contributed by atoms with E-state index in [-0.39, 0.29) is 17.9 Å². The lowest BCUT2D eigenvalue weighted by Gasteiger charge is -2.20. The first kappa shape index (κ1) is 22.6. The van der Waals surface area contributed by atoms with Crippen LogP contribution in [0, 0.1) is 12.8 Å². The summed E-state index contributed by atoms with van der Waals surface area (Å²) in [7, 11) is 3.60. The number of aryl methyl sites for hydroxylation is 1. The van der Waals surface area contributed by atoms with Gasteiger partial charge in [0.15, 0.2) is 11.8 Å². The lowest BCUT2D eigenvalue weighted by atomic mass is 10.2. The number of likely N-dealkylation sites (tertiary alicyclic amines) is 1. The van der Waals surface area contributed by atoms with E-state index in [0.717, 1.165) is 35.9 Å². The first-order valence-electron chi connectivity index (χ1n) is 10.7. The Bertz CT molecular complexity index is 905. The molecule has 0 saturated carbocycles. The van der Waals surface area contributed by atoms with E-state index in [0.29, 0.717) is 25.6 Å². The lowest BCUT2D eigenvalue weighted by molar-refractivity contribution is -0.133. The first-order valence-corrected chi connectivity index (χ1v) is 10.7. The van der Waals surface area contributed by atoms with E-state index in [4.69, 9.17) is 9.73 Å². The smallest absolute Gasteiger partial charge is 0.225 e. The Morgan fingerprint density at radius 1 is 1.29 bits per heavy atom. The lowest BCUT2D eigenvalue weighted by Crippen LogP contribution is -2.45. The monoisotopic (exact) mass is 427 g/mol. The zero-order valence-corrected chi connectivity index (χ0v) is 19.1. The van der Waals surface area contributed by atoms with Gasteiger partial charge in [0.25, 0.3) is 0 Å². The highest BCUT2D eigenvalue weighted by molar-refractivity contribution is 5.81. The fraction of sp³-hybridized carbons (Fsp3) is 0.545. The molecule has 2 heterocycles. The summed E-state index contributed by atoms with van der Waals surface area (Å²) in [5.74, 6) is 3.42. The Morgan fingerprint density at radius 2 is 2.03 bits per heavy atom. The molecule has 0 bridgehead atoms. The number of hydrogen-bond donors (Lipinski definition) is 2. The number of ether oxygens (including phenoxy) is 1. The number of aromatic nitrogens is 3. The number of aliphatic imine (C=N–C) groups is 1. The van der Waals surface area contributed by atoms with Crippen LogP contribution in [0.4, 0.5) is 0 Å². The maximum Gasteiger partial charge on any atom is 0.225 e. The Kier molecular flexibility index (Phi) is 7.49. The highest BCUT2D eigenvalue weighted by Gasteiger charge is 2.28. The fourth-order valence-electron chi connectivity index (χ4n) is 3.46. The summed E-state index contributed by atoms with van der Waals surface area (Å²) < 4.78 is 7.17. The van der Waals surface area contributed by atoms with Gasteiger partial charge in [-0.25, -0.2) is 4.99 Å². The minimum absolute atomic E-state index is 0.0132. The first-order chi connectivity index (χ1) is 14.9. The molecule has 1 saturated heterocycles. The van der Waals surface area contributed by atoms with E-state index in [2.05, 4.69) is 20.8 Å². The van der Waals surface area contributed by atoms with Crippen molar-refractivity contribution in [1.29, 1.82) is 0 Å². The number of rotatable bonds is 7. The third kappa shape index (κ3) is 5.96. The molecular formula is C22H33N7O2. The molecular weight excluding hydrogens is 394 g/mol. The molecule has 1 aromatic heterocycles. The number of guanidine groups is 1. The molecule has 1 aliphatic rings. The summed E-state index contributed by atoms with van der Waals surface area (Å²) >= 11 is 0. The highest BCUT2D eigenvalue weighted by Crippen LogP contribution is 2.14. The number of methoxy groups -OCH3 is 1. The van der Waals surface area contributed by atoms with Crippen LogP contribution in [0.25, 0.3) is 0 Å². The molecule has 168 valence electrons. The molecule has 2 aromatic rings. The predicted molar refractivity (Wildman–Crippen MR) is 120 cm³/mol. The maximum absolute atomic E-state index is 12.3. The van der Waals surface area contributed by atoms with Crippen molar-refractivity contribution in [2.75, 3.05) is 20.2 Å². The van der Waals surface area contributed by atoms with E-state index in [1.807, 2.05) is 61.6 Å². The molecule has 0 radical (unpaired) electrons. The van der Waals surface area contributed by atoms with E-state index >= 15 is 0 Å². The van der Waals surface area contributed by atoms with Crippen LogP contribution in [0.5, 0.6) is 5.75 Å². The molecule has 0 aliphatic carbocycles. The van der Waals surface area contributed by atoms with Crippen molar-refractivity contribution in [3.05, 3.63) is 41.5 Å². The second kappa shape index (κ2) is 10.3. The van der Waals surface area contributed by atoms with E-state index < -0.39 is 0 Å². The Labute approximate surface area is 183 Å². The highest BCUT2D eigenvalue weighted by atomic mass is 16.5. The van der Waals surface area contributed by atoms with Crippen LogP contribution >= 0.6 is 0 Å². The molecule has 1 amide bonds. The number of nitrogens with one attached hydrogen (secondary N) is 2. The minimum atomic E-state index is 0.0132. The average molecular weight is 428 g/mol. The van der Waals surface area contributed by atoms with Crippen LogP contribution in [0.2, 0.25) is 0 Å². The summed E-state index contributed by atoms with van der Waals surface area (Å²) in [6, 6.07) is 8.03. The second-order valence-electron chi connectivity index (χ2n) is 8.16. The summed E-state index contributed by atoms with van der Waals surface area (Å²) in [6.07, 6.45) is 0.894. The molecule has 9 heteroatoms. The average Bonchev–Trinajstić information content (AvgIpc) is 3.36. The molecule has 2 N–H and O–H groups in total. The van der Waals surface area contributed by atoms with Crippen LogP contribution in [-0.2, 0) is 24.9 Å². The van der Waals surface area contributed by atoms with Gasteiger partial charge in [0, 0.05) is 32.1 Å². The number of carbonyl (C=O) groups is 1. The van der Waals surface area contributed by atoms with Gasteiger partial charge in [-0.1, -0.05) is 26.0 Å². The topological polar surface area (TPSA) is 96.7 Å². The quantitative estimate of drug-likeness (QED) is 0.515. The molecule has 1 fully saturated rings. The molecule has 1 aliphatic heterocycles. The van der Waals surface area contributed by atoms with Crippen molar-refractivity contribution in [2.24, 2.45) is 18.0 Å². The van der Waals surface area contributed by atoms with Crippen LogP contribution in [0.3, 0.4) is 0 Å². The van der Waals surface area contributed by atoms with Crippen molar-refractivity contribution in [1.82, 2.24) is 30.3 Å². The number of benzene rings is 1. The molecule has 1 aromatic carbocycles. The van der Waals surface area contributed by atoms with Crippen molar-refractivity contribution < 1.29 is 9.53 Å². The summed E-state index contributed by atoms with van der Waals surface area (Å²) in [4.78, 5) is 19.0. The Balaban J connectivity index is 1.67. The number of amides is 1. The molecule has 0 spiro atoms. The zero-order chi connectivity index (χ0) is 22.4. The van der Waals surface area contributed by atoms with Crippen molar-refractivity contribution in [2.45, 2.75) is 46.3 Å². The van der Waals surface area contributed by atoms with Crippen molar-refractivity contribution in [3.8, 4) is 5.75 Å². The zero-order valence-electron chi connectivity index (χ0n) is 19.1. The van der Waals surface area contributed by atoms with Gasteiger partial charge >= 0.3 is 0 Å². The molecule has 1 atom stereocenters. The van der Waals surface area contributed by atoms with Crippen LogP contribution in [0.15, 0.2) is 29.3 Å². The normalized spacial score (nSPS) is 16.6. The van der Waals surface area contributed by atoms with Gasteiger partial charge in [-0.05, 0) is 31.0 Å². The minimum Gasteiger partial charge on any atom is -0.497 e. The SMILES string of the molecule is COc1ccc(CN=C(NCc2nnc(C)n2C)NC2CCN(C(=O)C(C)C)C2)cc1. The van der Waals surface area contributed by atoms with Gasteiger partial charge in [-0.2, -0.15) is 0 Å². The van der Waals surface area contributed by atoms with Crippen molar-refractivity contribution >= 4 is 11.9 Å². The third-order valence-electron chi connectivity index (χ3n) is 5.51. The predicted octanol–water partition coefficient (Wildman–Crippen LogP) is 1.62. The van der Waals surface area contributed by atoms with Gasteiger partial charge in [-0.3, -0.25) is 4.79 Å². The van der Waals surface area contributed by atoms with Crippen LogP contribution < -0.4 is 15.4 Å². The summed E-state index contributed by atoms with van der Waals surface area (Å²) in [5.41, 5.74) is 1.08. The molecule has 1 unspecified atom stereocenters. The fourth-order valence-corrected chi connectivity index (χ4v) is 3.46. The number of nitrogens with zero attached hydrogens (tertiary/aromatic N) is 5.